The first-order valence-corrected chi connectivity index (χ1v) is 12.3. The second-order valence-electron chi connectivity index (χ2n) is 8.41. The lowest BCUT2D eigenvalue weighted by molar-refractivity contribution is -0.137. The van der Waals surface area contributed by atoms with Crippen LogP contribution >= 0.6 is 11.6 Å². The molecule has 178 valence electrons. The smallest absolute Gasteiger partial charge is 0.340 e. The standard InChI is InChI=1S/C23H26ClFN2O5S/c1-15-10-16(2)13-27(12-15)22(28)14-32-23(29)20-11-19(8-9-21(20)24)33(30,31)26(3)18-6-4-17(25)5-7-18/h4-9,11,15-16H,10,12-14H2,1-3H3. The molecule has 2 aromatic rings. The molecule has 0 aliphatic carbocycles. The third-order valence-electron chi connectivity index (χ3n) is 5.55. The van der Waals surface area contributed by atoms with E-state index in [4.69, 9.17) is 16.3 Å². The summed E-state index contributed by atoms with van der Waals surface area (Å²) in [7, 11) is -2.76. The number of amides is 1. The van der Waals surface area contributed by atoms with Gasteiger partial charge in [0, 0.05) is 20.1 Å². The first-order chi connectivity index (χ1) is 15.5. The molecule has 0 bridgehead atoms. The van der Waals surface area contributed by atoms with Gasteiger partial charge in [-0.15, -0.1) is 0 Å². The Hall–Kier alpha value is -2.65. The number of anilines is 1. The van der Waals surface area contributed by atoms with Crippen LogP contribution in [0, 0.1) is 17.7 Å². The molecule has 2 atom stereocenters. The minimum absolute atomic E-state index is 0.00366. The molecule has 1 heterocycles. The summed E-state index contributed by atoms with van der Waals surface area (Å²) in [6.45, 7) is 4.88. The molecule has 0 N–H and O–H groups in total. The van der Waals surface area contributed by atoms with Crippen LogP contribution in [0.2, 0.25) is 5.02 Å². The van der Waals surface area contributed by atoms with Crippen molar-refractivity contribution in [3.8, 4) is 0 Å². The van der Waals surface area contributed by atoms with Crippen molar-refractivity contribution in [3.05, 3.63) is 58.9 Å². The summed E-state index contributed by atoms with van der Waals surface area (Å²) in [6, 6.07) is 8.59. The Labute approximate surface area is 198 Å². The van der Waals surface area contributed by atoms with Gasteiger partial charge in [-0.1, -0.05) is 25.4 Å². The van der Waals surface area contributed by atoms with Crippen molar-refractivity contribution in [3.63, 3.8) is 0 Å². The van der Waals surface area contributed by atoms with E-state index in [2.05, 4.69) is 13.8 Å². The highest BCUT2D eigenvalue weighted by molar-refractivity contribution is 7.92. The zero-order valence-electron chi connectivity index (χ0n) is 18.6. The number of ether oxygens (including phenoxy) is 1. The number of hydrogen-bond acceptors (Lipinski definition) is 5. The van der Waals surface area contributed by atoms with Crippen LogP contribution in [-0.2, 0) is 19.6 Å². The second kappa shape index (κ2) is 10.1. The van der Waals surface area contributed by atoms with E-state index in [1.165, 1.54) is 31.3 Å². The van der Waals surface area contributed by atoms with Crippen LogP contribution in [0.1, 0.15) is 30.6 Å². The third-order valence-corrected chi connectivity index (χ3v) is 7.67. The number of nitrogens with zero attached hydrogens (tertiary/aromatic N) is 2. The predicted octanol–water partition coefficient (Wildman–Crippen LogP) is 3.97. The van der Waals surface area contributed by atoms with Gasteiger partial charge >= 0.3 is 5.97 Å². The van der Waals surface area contributed by atoms with Gasteiger partial charge in [0.05, 0.1) is 21.2 Å². The molecule has 7 nitrogen and oxygen atoms in total. The Morgan fingerprint density at radius 1 is 1.12 bits per heavy atom. The predicted molar refractivity (Wildman–Crippen MR) is 123 cm³/mol. The molecule has 1 aliphatic heterocycles. The Balaban J connectivity index is 1.74. The van der Waals surface area contributed by atoms with Crippen LogP contribution in [0.3, 0.4) is 0 Å². The minimum Gasteiger partial charge on any atom is -0.452 e. The van der Waals surface area contributed by atoms with Crippen molar-refractivity contribution in [2.75, 3.05) is 31.0 Å². The van der Waals surface area contributed by atoms with Crippen molar-refractivity contribution >= 4 is 39.2 Å². The highest BCUT2D eigenvalue weighted by Gasteiger charge is 2.27. The van der Waals surface area contributed by atoms with Gasteiger partial charge in [-0.2, -0.15) is 0 Å². The van der Waals surface area contributed by atoms with E-state index in [1.54, 1.807) is 4.90 Å². The highest BCUT2D eigenvalue weighted by atomic mass is 35.5. The molecule has 0 spiro atoms. The Bertz CT molecular complexity index is 1130. The van der Waals surface area contributed by atoms with Gasteiger partial charge in [0.15, 0.2) is 6.61 Å². The number of carbonyl (C=O) groups is 2. The lowest BCUT2D eigenvalue weighted by atomic mass is 9.92. The molecule has 1 amide bonds. The molecule has 10 heteroatoms. The van der Waals surface area contributed by atoms with Gasteiger partial charge in [-0.25, -0.2) is 17.6 Å². The van der Waals surface area contributed by atoms with Gasteiger partial charge in [0.2, 0.25) is 0 Å². The summed E-state index contributed by atoms with van der Waals surface area (Å²) < 4.78 is 45.3. The maximum Gasteiger partial charge on any atom is 0.340 e. The lowest BCUT2D eigenvalue weighted by Crippen LogP contribution is -2.44. The molecule has 1 aliphatic rings. The first-order valence-electron chi connectivity index (χ1n) is 10.5. The number of benzene rings is 2. The second-order valence-corrected chi connectivity index (χ2v) is 10.8. The summed E-state index contributed by atoms with van der Waals surface area (Å²) in [5, 5.41) is -0.00366. The van der Waals surface area contributed by atoms with Crippen molar-refractivity contribution in [1.29, 1.82) is 0 Å². The van der Waals surface area contributed by atoms with E-state index in [-0.39, 0.29) is 27.1 Å². The maximum absolute atomic E-state index is 13.2. The van der Waals surface area contributed by atoms with Crippen LogP contribution in [0.25, 0.3) is 0 Å². The molecule has 0 saturated carbocycles. The summed E-state index contributed by atoms with van der Waals surface area (Å²) in [5.41, 5.74) is 0.0736. The minimum atomic E-state index is -4.07. The number of carbonyl (C=O) groups excluding carboxylic acids is 2. The van der Waals surface area contributed by atoms with Gasteiger partial charge in [0.25, 0.3) is 15.9 Å². The number of piperidine rings is 1. The fourth-order valence-electron chi connectivity index (χ4n) is 3.93. The number of likely N-dealkylation sites (tertiary alicyclic amines) is 1. The topological polar surface area (TPSA) is 84.0 Å². The van der Waals surface area contributed by atoms with Crippen molar-refractivity contribution in [2.24, 2.45) is 11.8 Å². The van der Waals surface area contributed by atoms with Gasteiger partial charge < -0.3 is 9.64 Å². The lowest BCUT2D eigenvalue weighted by Gasteiger charge is -2.34. The third kappa shape index (κ3) is 5.83. The molecule has 1 saturated heterocycles. The number of esters is 1. The quantitative estimate of drug-likeness (QED) is 0.565. The first kappa shape index (κ1) is 25.0. The normalized spacial score (nSPS) is 18.6. The highest BCUT2D eigenvalue weighted by Crippen LogP contribution is 2.27. The van der Waals surface area contributed by atoms with Crippen molar-refractivity contribution in [1.82, 2.24) is 4.90 Å². The summed E-state index contributed by atoms with van der Waals surface area (Å²) >= 11 is 6.11. The average Bonchev–Trinajstić information content (AvgIpc) is 2.76. The van der Waals surface area contributed by atoms with E-state index in [1.807, 2.05) is 0 Å². The van der Waals surface area contributed by atoms with Crippen LogP contribution in [0.5, 0.6) is 0 Å². The molecule has 2 aromatic carbocycles. The van der Waals surface area contributed by atoms with Gasteiger partial charge in [-0.3, -0.25) is 9.10 Å². The molecule has 3 rings (SSSR count). The van der Waals surface area contributed by atoms with E-state index >= 15 is 0 Å². The Morgan fingerprint density at radius 3 is 2.33 bits per heavy atom. The van der Waals surface area contributed by atoms with Crippen LogP contribution in [0.15, 0.2) is 47.4 Å². The van der Waals surface area contributed by atoms with E-state index in [9.17, 15) is 22.4 Å². The zero-order valence-corrected chi connectivity index (χ0v) is 20.2. The number of hydrogen-bond donors (Lipinski definition) is 0. The molecular weight excluding hydrogens is 471 g/mol. The average molecular weight is 497 g/mol. The van der Waals surface area contributed by atoms with E-state index in [0.717, 1.165) is 28.9 Å². The SMILES string of the molecule is CC1CC(C)CN(C(=O)COC(=O)c2cc(S(=O)(=O)N(C)c3ccc(F)cc3)ccc2Cl)C1. The maximum atomic E-state index is 13.2. The van der Waals surface area contributed by atoms with Crippen LogP contribution in [0.4, 0.5) is 10.1 Å². The molecular formula is C23H26ClFN2O5S. The Kier molecular flexibility index (Phi) is 7.64. The van der Waals surface area contributed by atoms with Crippen molar-refractivity contribution in [2.45, 2.75) is 25.2 Å². The fraction of sp³-hybridized carbons (Fsp3) is 0.391. The summed E-state index contributed by atoms with van der Waals surface area (Å²) in [5.74, 6) is -0.972. The van der Waals surface area contributed by atoms with Crippen molar-refractivity contribution < 1.29 is 27.1 Å². The van der Waals surface area contributed by atoms with Gasteiger partial charge in [-0.05, 0) is 60.7 Å². The van der Waals surface area contributed by atoms with E-state index < -0.39 is 28.4 Å². The number of sulfonamides is 1. The largest absolute Gasteiger partial charge is 0.452 e. The van der Waals surface area contributed by atoms with Crippen LogP contribution < -0.4 is 4.31 Å². The number of rotatable bonds is 6. The molecule has 0 aromatic heterocycles. The molecule has 2 unspecified atom stereocenters. The molecule has 0 radical (unpaired) electrons. The van der Waals surface area contributed by atoms with Gasteiger partial charge in [0.1, 0.15) is 5.82 Å². The zero-order chi connectivity index (χ0) is 24.3. The molecule has 33 heavy (non-hydrogen) atoms. The fourth-order valence-corrected chi connectivity index (χ4v) is 5.35. The number of halogens is 2. The van der Waals surface area contributed by atoms with Crippen LogP contribution in [-0.4, -0.2) is 51.9 Å². The summed E-state index contributed by atoms with van der Waals surface area (Å²) in [4.78, 5) is 26.6. The monoisotopic (exact) mass is 496 g/mol. The Morgan fingerprint density at radius 2 is 1.73 bits per heavy atom. The van der Waals surface area contributed by atoms with E-state index in [0.29, 0.717) is 24.9 Å². The summed E-state index contributed by atoms with van der Waals surface area (Å²) in [6.07, 6.45) is 1.03. The molecule has 1 fully saturated rings.